The van der Waals surface area contributed by atoms with Gasteiger partial charge in [-0.05, 0) is 12.1 Å². The summed E-state index contributed by atoms with van der Waals surface area (Å²) < 4.78 is 5.06. The number of nitrogens with two attached hydrogens (primary N) is 1. The Labute approximate surface area is 93.2 Å². The van der Waals surface area contributed by atoms with Crippen LogP contribution in [0.1, 0.15) is 11.7 Å². The van der Waals surface area contributed by atoms with E-state index in [2.05, 4.69) is 0 Å². The van der Waals surface area contributed by atoms with E-state index in [-0.39, 0.29) is 6.61 Å². The molecule has 0 saturated carbocycles. The smallest absolute Gasteiger partial charge is 0.126 e. The average molecular weight is 232 g/mol. The molecule has 0 saturated heterocycles. The van der Waals surface area contributed by atoms with Crippen LogP contribution in [-0.2, 0) is 0 Å². The fourth-order valence-corrected chi connectivity index (χ4v) is 1.57. The highest BCUT2D eigenvalue weighted by molar-refractivity contribution is 6.31. The zero-order valence-corrected chi connectivity index (χ0v) is 9.11. The summed E-state index contributed by atoms with van der Waals surface area (Å²) >= 11 is 5.93. The molecule has 0 aliphatic heterocycles. The van der Waals surface area contributed by atoms with Gasteiger partial charge >= 0.3 is 0 Å². The lowest BCUT2D eigenvalue weighted by atomic mass is 10.0. The van der Waals surface area contributed by atoms with E-state index in [4.69, 9.17) is 27.2 Å². The lowest BCUT2D eigenvalue weighted by Gasteiger charge is -2.20. The Hall–Kier alpha value is -0.810. The van der Waals surface area contributed by atoms with Crippen LogP contribution in [0.15, 0.2) is 18.2 Å². The summed E-state index contributed by atoms with van der Waals surface area (Å²) in [5.41, 5.74) is 5.93. The van der Waals surface area contributed by atoms with Gasteiger partial charge in [0, 0.05) is 5.56 Å². The van der Waals surface area contributed by atoms with Crippen LogP contribution in [-0.4, -0.2) is 30.0 Å². The molecular formula is C10H14ClNO3. The SMILES string of the molecule is COc1cccc(Cl)c1C(O)C(N)CO. The van der Waals surface area contributed by atoms with Crippen LogP contribution in [0.2, 0.25) is 5.02 Å². The fourth-order valence-electron chi connectivity index (χ4n) is 1.30. The lowest BCUT2D eigenvalue weighted by molar-refractivity contribution is 0.107. The molecule has 1 aromatic rings. The Balaban J connectivity index is 3.10. The summed E-state index contributed by atoms with van der Waals surface area (Å²) in [6, 6.07) is 4.24. The minimum atomic E-state index is -1.04. The van der Waals surface area contributed by atoms with Crippen molar-refractivity contribution in [2.75, 3.05) is 13.7 Å². The van der Waals surface area contributed by atoms with Crippen LogP contribution in [0.25, 0.3) is 0 Å². The number of aliphatic hydroxyl groups is 2. The first-order valence-electron chi connectivity index (χ1n) is 4.48. The summed E-state index contributed by atoms with van der Waals surface area (Å²) in [6.45, 7) is -0.324. The molecule has 2 unspecified atom stereocenters. The molecule has 0 heterocycles. The van der Waals surface area contributed by atoms with Gasteiger partial charge in [-0.25, -0.2) is 0 Å². The molecule has 0 fully saturated rings. The molecule has 0 spiro atoms. The number of methoxy groups -OCH3 is 1. The van der Waals surface area contributed by atoms with Crippen molar-refractivity contribution in [3.05, 3.63) is 28.8 Å². The molecule has 0 bridgehead atoms. The van der Waals surface area contributed by atoms with Crippen LogP contribution >= 0.6 is 11.6 Å². The van der Waals surface area contributed by atoms with Crippen LogP contribution in [0.5, 0.6) is 5.75 Å². The van der Waals surface area contributed by atoms with Crippen molar-refractivity contribution in [2.24, 2.45) is 5.73 Å². The van der Waals surface area contributed by atoms with Gasteiger partial charge in [-0.15, -0.1) is 0 Å². The van der Waals surface area contributed by atoms with Crippen molar-refractivity contribution in [3.63, 3.8) is 0 Å². The van der Waals surface area contributed by atoms with Crippen molar-refractivity contribution in [3.8, 4) is 5.75 Å². The van der Waals surface area contributed by atoms with Crippen LogP contribution in [0, 0.1) is 0 Å². The molecule has 0 radical (unpaired) electrons. The fraction of sp³-hybridized carbons (Fsp3) is 0.400. The molecule has 1 aromatic carbocycles. The predicted molar refractivity (Wildman–Crippen MR) is 58.0 cm³/mol. The number of rotatable bonds is 4. The van der Waals surface area contributed by atoms with Crippen molar-refractivity contribution < 1.29 is 14.9 Å². The van der Waals surface area contributed by atoms with Crippen molar-refractivity contribution in [1.82, 2.24) is 0 Å². The number of halogens is 1. The van der Waals surface area contributed by atoms with E-state index < -0.39 is 12.1 Å². The lowest BCUT2D eigenvalue weighted by Crippen LogP contribution is -2.32. The van der Waals surface area contributed by atoms with Gasteiger partial charge in [0.15, 0.2) is 0 Å². The summed E-state index contributed by atoms with van der Waals surface area (Å²) in [5.74, 6) is 0.457. The zero-order valence-electron chi connectivity index (χ0n) is 8.35. The van der Waals surface area contributed by atoms with E-state index >= 15 is 0 Å². The quantitative estimate of drug-likeness (QED) is 0.713. The molecular weight excluding hydrogens is 218 g/mol. The standard InChI is InChI=1S/C10H14ClNO3/c1-15-8-4-2-3-6(11)9(8)10(14)7(12)5-13/h2-4,7,10,13-14H,5,12H2,1H3. The Bertz CT molecular complexity index is 332. The summed E-state index contributed by atoms with van der Waals surface area (Å²) in [6.07, 6.45) is -1.04. The van der Waals surface area contributed by atoms with E-state index in [9.17, 15) is 5.11 Å². The van der Waals surface area contributed by atoms with Gasteiger partial charge in [0.05, 0.1) is 24.8 Å². The first-order valence-corrected chi connectivity index (χ1v) is 4.86. The third-order valence-electron chi connectivity index (χ3n) is 2.14. The highest BCUT2D eigenvalue weighted by Crippen LogP contribution is 2.33. The molecule has 5 heteroatoms. The minimum absolute atomic E-state index is 0.324. The maximum Gasteiger partial charge on any atom is 0.126 e. The van der Waals surface area contributed by atoms with Gasteiger partial charge in [-0.2, -0.15) is 0 Å². The summed E-state index contributed by atoms with van der Waals surface area (Å²) in [5, 5.41) is 19.1. The van der Waals surface area contributed by atoms with Gasteiger partial charge in [0.1, 0.15) is 11.9 Å². The molecule has 15 heavy (non-hydrogen) atoms. The third-order valence-corrected chi connectivity index (χ3v) is 2.47. The second-order valence-corrected chi connectivity index (χ2v) is 3.55. The topological polar surface area (TPSA) is 75.7 Å². The predicted octanol–water partition coefficient (Wildman–Crippen LogP) is 0.702. The van der Waals surface area contributed by atoms with E-state index in [1.807, 2.05) is 0 Å². The molecule has 4 N–H and O–H groups in total. The number of benzene rings is 1. The second-order valence-electron chi connectivity index (χ2n) is 3.15. The van der Waals surface area contributed by atoms with Crippen molar-refractivity contribution >= 4 is 11.6 Å². The Kier molecular flexibility index (Phi) is 4.35. The number of hydrogen-bond acceptors (Lipinski definition) is 4. The largest absolute Gasteiger partial charge is 0.496 e. The highest BCUT2D eigenvalue weighted by Gasteiger charge is 2.22. The van der Waals surface area contributed by atoms with Gasteiger partial charge in [-0.3, -0.25) is 0 Å². The van der Waals surface area contributed by atoms with Gasteiger partial charge < -0.3 is 20.7 Å². The van der Waals surface area contributed by atoms with Gasteiger partial charge in [0.2, 0.25) is 0 Å². The van der Waals surface area contributed by atoms with E-state index in [1.54, 1.807) is 18.2 Å². The van der Waals surface area contributed by atoms with Crippen molar-refractivity contribution in [2.45, 2.75) is 12.1 Å². The maximum atomic E-state index is 9.83. The number of ether oxygens (including phenoxy) is 1. The first kappa shape index (κ1) is 12.3. The normalized spacial score (nSPS) is 14.7. The van der Waals surface area contributed by atoms with E-state index in [0.29, 0.717) is 16.3 Å². The maximum absolute atomic E-state index is 9.83. The minimum Gasteiger partial charge on any atom is -0.496 e. The molecule has 4 nitrogen and oxygen atoms in total. The van der Waals surface area contributed by atoms with Crippen LogP contribution in [0.3, 0.4) is 0 Å². The van der Waals surface area contributed by atoms with E-state index in [1.165, 1.54) is 7.11 Å². The molecule has 0 aliphatic rings. The van der Waals surface area contributed by atoms with Crippen molar-refractivity contribution in [1.29, 1.82) is 0 Å². The Morgan fingerprint density at radius 2 is 2.20 bits per heavy atom. The molecule has 2 atom stereocenters. The summed E-state index contributed by atoms with van der Waals surface area (Å²) in [4.78, 5) is 0. The molecule has 84 valence electrons. The Morgan fingerprint density at radius 1 is 1.53 bits per heavy atom. The monoisotopic (exact) mass is 231 g/mol. The van der Waals surface area contributed by atoms with Crippen LogP contribution in [0.4, 0.5) is 0 Å². The summed E-state index contributed by atoms with van der Waals surface area (Å²) in [7, 11) is 1.48. The third kappa shape index (κ3) is 2.60. The number of aliphatic hydroxyl groups excluding tert-OH is 2. The molecule has 0 aromatic heterocycles. The van der Waals surface area contributed by atoms with Gasteiger partial charge in [-0.1, -0.05) is 17.7 Å². The molecule has 0 aliphatic carbocycles. The second kappa shape index (κ2) is 5.32. The van der Waals surface area contributed by atoms with Gasteiger partial charge in [0.25, 0.3) is 0 Å². The zero-order chi connectivity index (χ0) is 11.4. The first-order chi connectivity index (χ1) is 7.11. The Morgan fingerprint density at radius 3 is 2.73 bits per heavy atom. The molecule has 1 rings (SSSR count). The van der Waals surface area contributed by atoms with E-state index in [0.717, 1.165) is 0 Å². The number of hydrogen-bond donors (Lipinski definition) is 3. The van der Waals surface area contributed by atoms with Crippen LogP contribution < -0.4 is 10.5 Å². The molecule has 0 amide bonds. The highest BCUT2D eigenvalue weighted by atomic mass is 35.5. The average Bonchev–Trinajstić information content (AvgIpc) is 2.26.